The van der Waals surface area contributed by atoms with Gasteiger partial charge in [-0.15, -0.1) is 0 Å². The zero-order chi connectivity index (χ0) is 22.8. The van der Waals surface area contributed by atoms with Crippen LogP contribution in [0.15, 0.2) is 48.8 Å². The molecule has 2 amide bonds. The summed E-state index contributed by atoms with van der Waals surface area (Å²) in [5.41, 5.74) is -0.640. The largest absolute Gasteiger partial charge is 0.437 e. The van der Waals surface area contributed by atoms with Gasteiger partial charge < -0.3 is 14.5 Å². The van der Waals surface area contributed by atoms with E-state index in [2.05, 4.69) is 4.98 Å². The number of pyridine rings is 1. The monoisotopic (exact) mass is 449 g/mol. The second-order valence-electron chi connectivity index (χ2n) is 7.90. The molecule has 4 rings (SSSR count). The molecule has 2 fully saturated rings. The number of amides is 2. The maximum absolute atomic E-state index is 14.6. The van der Waals surface area contributed by atoms with Crippen LogP contribution in [-0.4, -0.2) is 66.3 Å². The van der Waals surface area contributed by atoms with Crippen LogP contribution in [0.3, 0.4) is 0 Å². The summed E-state index contributed by atoms with van der Waals surface area (Å²) in [5.74, 6) is -2.34. The van der Waals surface area contributed by atoms with Crippen molar-refractivity contribution in [2.75, 3.05) is 37.7 Å². The van der Waals surface area contributed by atoms with Gasteiger partial charge in [-0.1, -0.05) is 6.07 Å². The molecular formula is C22H22F3N3O4. The lowest BCUT2D eigenvalue weighted by Crippen LogP contribution is -2.66. The predicted octanol–water partition coefficient (Wildman–Crippen LogP) is 2.41. The first-order chi connectivity index (χ1) is 15.3. The molecule has 7 nitrogen and oxygen atoms in total. The molecule has 2 saturated heterocycles. The number of hydrogen-bond donors (Lipinski definition) is 0. The van der Waals surface area contributed by atoms with E-state index in [1.165, 1.54) is 17.0 Å². The van der Waals surface area contributed by atoms with Crippen molar-refractivity contribution < 1.29 is 32.2 Å². The molecule has 32 heavy (non-hydrogen) atoms. The van der Waals surface area contributed by atoms with Crippen LogP contribution in [0, 0.1) is 5.82 Å². The van der Waals surface area contributed by atoms with Crippen LogP contribution in [0.25, 0.3) is 0 Å². The lowest BCUT2D eigenvalue weighted by Gasteiger charge is -2.45. The number of carbonyl (C=O) groups excluding carboxylic acids is 2. The number of halogens is 3. The van der Waals surface area contributed by atoms with E-state index in [0.717, 1.165) is 22.6 Å². The fraction of sp³-hybridized carbons (Fsp3) is 0.409. The highest BCUT2D eigenvalue weighted by molar-refractivity contribution is 5.98. The molecule has 2 aromatic rings. The number of aryl methyl sites for hydroxylation is 1. The molecule has 1 aromatic carbocycles. The van der Waals surface area contributed by atoms with Crippen molar-refractivity contribution in [1.82, 2.24) is 9.88 Å². The highest BCUT2D eigenvalue weighted by Gasteiger charge is 2.58. The second-order valence-corrected chi connectivity index (χ2v) is 7.90. The van der Waals surface area contributed by atoms with Crippen molar-refractivity contribution in [2.24, 2.45) is 0 Å². The Kier molecular flexibility index (Phi) is 6.16. The highest BCUT2D eigenvalue weighted by Crippen LogP contribution is 2.37. The number of benzene rings is 1. The molecule has 0 bridgehead atoms. The molecule has 2 aliphatic rings. The van der Waals surface area contributed by atoms with Gasteiger partial charge >= 0.3 is 12.0 Å². The number of ether oxygens (including phenoxy) is 2. The molecular weight excluding hydrogens is 427 g/mol. The Morgan fingerprint density at radius 2 is 1.94 bits per heavy atom. The lowest BCUT2D eigenvalue weighted by molar-refractivity contribution is -0.293. The third kappa shape index (κ3) is 4.76. The predicted molar refractivity (Wildman–Crippen MR) is 107 cm³/mol. The smallest absolute Gasteiger partial charge is 0.376 e. The molecule has 2 aliphatic heterocycles. The number of alkyl halides is 2. The van der Waals surface area contributed by atoms with E-state index in [-0.39, 0.29) is 50.9 Å². The third-order valence-corrected chi connectivity index (χ3v) is 5.48. The van der Waals surface area contributed by atoms with Gasteiger partial charge in [0, 0.05) is 31.0 Å². The quantitative estimate of drug-likeness (QED) is 0.717. The lowest BCUT2D eigenvalue weighted by atomic mass is 10.00. The minimum atomic E-state index is -4.12. The van der Waals surface area contributed by atoms with Gasteiger partial charge in [0.15, 0.2) is 0 Å². The Morgan fingerprint density at radius 3 is 2.66 bits per heavy atom. The molecule has 0 radical (unpaired) electrons. The van der Waals surface area contributed by atoms with E-state index in [1.54, 1.807) is 18.5 Å². The molecule has 0 aliphatic carbocycles. The fourth-order valence-electron chi connectivity index (χ4n) is 3.93. The Balaban J connectivity index is 1.54. The molecule has 3 heterocycles. The number of rotatable bonds is 4. The number of aromatic nitrogens is 1. The molecule has 0 saturated carbocycles. The van der Waals surface area contributed by atoms with Gasteiger partial charge in [-0.05, 0) is 42.3 Å². The van der Waals surface area contributed by atoms with Crippen LogP contribution in [0.4, 0.5) is 18.9 Å². The Labute approximate surface area is 182 Å². The van der Waals surface area contributed by atoms with Crippen molar-refractivity contribution in [2.45, 2.75) is 24.6 Å². The first-order valence-corrected chi connectivity index (χ1v) is 10.2. The first-order valence-electron chi connectivity index (χ1n) is 10.2. The van der Waals surface area contributed by atoms with Crippen LogP contribution in [0.1, 0.15) is 12.0 Å². The average Bonchev–Trinajstić information content (AvgIpc) is 2.98. The van der Waals surface area contributed by atoms with E-state index in [1.807, 2.05) is 6.07 Å². The Hall–Kier alpha value is -2.98. The van der Waals surface area contributed by atoms with Gasteiger partial charge in [0.2, 0.25) is 5.91 Å². The standard InChI is InChI=1S/C22H22F3N3O4/c23-17-4-6-18(7-5-17)28-14-21(32-22(24,25)20(28)30)13-27(10-11-31-15-21)19(29)8-3-16-2-1-9-26-12-16/h1-2,4-7,9,12H,3,8,10-11,13-15H2. The SMILES string of the molecule is O=C(CCc1cccnc1)N1CCOCC2(C1)CN(c1ccc(F)cc1)C(=O)C(F)(F)O2. The number of morpholine rings is 1. The van der Waals surface area contributed by atoms with Crippen LogP contribution < -0.4 is 4.90 Å². The molecule has 10 heteroatoms. The van der Waals surface area contributed by atoms with Crippen LogP contribution in [-0.2, 0) is 25.5 Å². The van der Waals surface area contributed by atoms with Gasteiger partial charge in [-0.2, -0.15) is 8.78 Å². The van der Waals surface area contributed by atoms with Crippen LogP contribution in [0.5, 0.6) is 0 Å². The van der Waals surface area contributed by atoms with Gasteiger partial charge in [0.05, 0.1) is 26.3 Å². The van der Waals surface area contributed by atoms with E-state index < -0.39 is 23.4 Å². The van der Waals surface area contributed by atoms with Crippen molar-refractivity contribution in [3.05, 3.63) is 60.2 Å². The number of anilines is 1. The van der Waals surface area contributed by atoms with E-state index in [0.29, 0.717) is 6.42 Å². The van der Waals surface area contributed by atoms with E-state index >= 15 is 0 Å². The van der Waals surface area contributed by atoms with Gasteiger partial charge in [0.1, 0.15) is 11.4 Å². The summed E-state index contributed by atoms with van der Waals surface area (Å²) in [5, 5.41) is 0. The summed E-state index contributed by atoms with van der Waals surface area (Å²) < 4.78 is 53.0. The molecule has 1 aromatic heterocycles. The molecule has 1 spiro atoms. The number of carbonyl (C=O) groups is 2. The summed E-state index contributed by atoms with van der Waals surface area (Å²) in [6.07, 6.45) is -0.203. The van der Waals surface area contributed by atoms with Crippen molar-refractivity contribution in [3.8, 4) is 0 Å². The van der Waals surface area contributed by atoms with Gasteiger partial charge in [-0.25, -0.2) is 4.39 Å². The molecule has 1 unspecified atom stereocenters. The maximum Gasteiger partial charge on any atom is 0.437 e. The molecule has 1 atom stereocenters. The summed E-state index contributed by atoms with van der Waals surface area (Å²) in [4.78, 5) is 31.5. The first kappa shape index (κ1) is 22.2. The van der Waals surface area contributed by atoms with Gasteiger partial charge in [0.25, 0.3) is 0 Å². The normalized spacial score (nSPS) is 23.3. The minimum absolute atomic E-state index is 0.109. The van der Waals surface area contributed by atoms with Crippen molar-refractivity contribution >= 4 is 17.5 Å². The fourth-order valence-corrected chi connectivity index (χ4v) is 3.93. The average molecular weight is 449 g/mol. The van der Waals surface area contributed by atoms with Crippen molar-refractivity contribution in [3.63, 3.8) is 0 Å². The zero-order valence-electron chi connectivity index (χ0n) is 17.2. The summed E-state index contributed by atoms with van der Waals surface area (Å²) in [7, 11) is 0. The number of hydrogen-bond acceptors (Lipinski definition) is 5. The second kappa shape index (κ2) is 8.87. The topological polar surface area (TPSA) is 72.0 Å². The summed E-state index contributed by atoms with van der Waals surface area (Å²) in [6, 6.07) is 8.28. The Bertz CT molecular complexity index is 974. The molecule has 170 valence electrons. The van der Waals surface area contributed by atoms with Crippen LogP contribution >= 0.6 is 0 Å². The summed E-state index contributed by atoms with van der Waals surface area (Å²) in [6.45, 7) is -0.286. The Morgan fingerprint density at radius 1 is 1.16 bits per heavy atom. The van der Waals surface area contributed by atoms with Crippen molar-refractivity contribution in [1.29, 1.82) is 0 Å². The zero-order valence-corrected chi connectivity index (χ0v) is 17.2. The maximum atomic E-state index is 14.6. The highest BCUT2D eigenvalue weighted by atomic mass is 19.3. The number of nitrogens with zero attached hydrogens (tertiary/aromatic N) is 3. The minimum Gasteiger partial charge on any atom is -0.376 e. The van der Waals surface area contributed by atoms with Gasteiger partial charge in [-0.3, -0.25) is 19.3 Å². The van der Waals surface area contributed by atoms with E-state index in [4.69, 9.17) is 9.47 Å². The third-order valence-electron chi connectivity index (χ3n) is 5.48. The molecule has 0 N–H and O–H groups in total. The van der Waals surface area contributed by atoms with E-state index in [9.17, 15) is 22.8 Å². The van der Waals surface area contributed by atoms with Crippen LogP contribution in [0.2, 0.25) is 0 Å². The summed E-state index contributed by atoms with van der Waals surface area (Å²) >= 11 is 0.